The Morgan fingerprint density at radius 1 is 1.20 bits per heavy atom. The van der Waals surface area contributed by atoms with Crippen LogP contribution in [0.1, 0.15) is 44.2 Å². The first-order valence-corrected chi connectivity index (χ1v) is 7.29. The maximum atomic E-state index is 11.8. The first-order chi connectivity index (χ1) is 9.66. The van der Waals surface area contributed by atoms with Crippen LogP contribution in [0.15, 0.2) is 30.3 Å². The van der Waals surface area contributed by atoms with Crippen LogP contribution >= 0.6 is 0 Å². The van der Waals surface area contributed by atoms with Crippen molar-refractivity contribution in [2.45, 2.75) is 38.6 Å². The number of hydrogen-bond donors (Lipinski definition) is 2. The van der Waals surface area contributed by atoms with E-state index >= 15 is 0 Å². The highest BCUT2D eigenvalue weighted by Crippen LogP contribution is 2.24. The summed E-state index contributed by atoms with van der Waals surface area (Å²) in [6, 6.07) is 9.73. The van der Waals surface area contributed by atoms with Crippen LogP contribution in [0.3, 0.4) is 0 Å². The number of carbonyl (C=O) groups excluding carboxylic acids is 2. The van der Waals surface area contributed by atoms with E-state index in [1.54, 1.807) is 0 Å². The minimum atomic E-state index is -0.146. The highest BCUT2D eigenvalue weighted by molar-refractivity contribution is 5.86. The lowest BCUT2D eigenvalue weighted by molar-refractivity contribution is -0.128. The Morgan fingerprint density at radius 2 is 1.85 bits per heavy atom. The summed E-state index contributed by atoms with van der Waals surface area (Å²) < 4.78 is 0. The summed E-state index contributed by atoms with van der Waals surface area (Å²) >= 11 is 0. The van der Waals surface area contributed by atoms with Crippen LogP contribution in [0.5, 0.6) is 0 Å². The zero-order valence-electron chi connectivity index (χ0n) is 11.9. The summed E-state index contributed by atoms with van der Waals surface area (Å²) in [5, 5.41) is 5.62. The standard InChI is InChI=1S/C16H22N2O2/c1-12(13-7-3-2-4-8-13)18-15(19)11-17-16(20)14-9-5-6-10-14/h2-4,7-8,12,14H,5-6,9-11H2,1H3,(H,17,20)(H,18,19). The lowest BCUT2D eigenvalue weighted by atomic mass is 10.1. The number of benzene rings is 1. The van der Waals surface area contributed by atoms with Crippen LogP contribution in [0.25, 0.3) is 0 Å². The van der Waals surface area contributed by atoms with E-state index in [1.165, 1.54) is 0 Å². The molecule has 0 aliphatic heterocycles. The fraction of sp³-hybridized carbons (Fsp3) is 0.500. The molecule has 0 bridgehead atoms. The summed E-state index contributed by atoms with van der Waals surface area (Å²) in [5.74, 6) is -0.0212. The van der Waals surface area contributed by atoms with Crippen LogP contribution in [0.4, 0.5) is 0 Å². The lowest BCUT2D eigenvalue weighted by Gasteiger charge is -2.15. The zero-order valence-corrected chi connectivity index (χ0v) is 11.9. The Labute approximate surface area is 119 Å². The molecule has 2 rings (SSSR count). The quantitative estimate of drug-likeness (QED) is 0.864. The van der Waals surface area contributed by atoms with Crippen LogP contribution in [-0.2, 0) is 9.59 Å². The Bertz CT molecular complexity index is 453. The van der Waals surface area contributed by atoms with Gasteiger partial charge in [0, 0.05) is 5.92 Å². The van der Waals surface area contributed by atoms with Crippen molar-refractivity contribution in [1.29, 1.82) is 0 Å². The summed E-state index contributed by atoms with van der Waals surface area (Å²) in [7, 11) is 0. The van der Waals surface area contributed by atoms with Gasteiger partial charge in [0.2, 0.25) is 11.8 Å². The van der Waals surface area contributed by atoms with Crippen molar-refractivity contribution in [2.24, 2.45) is 5.92 Å². The van der Waals surface area contributed by atoms with E-state index in [0.717, 1.165) is 31.2 Å². The first kappa shape index (κ1) is 14.6. The molecule has 20 heavy (non-hydrogen) atoms. The van der Waals surface area contributed by atoms with Crippen molar-refractivity contribution < 1.29 is 9.59 Å². The van der Waals surface area contributed by atoms with Gasteiger partial charge in [0.05, 0.1) is 12.6 Å². The fourth-order valence-electron chi connectivity index (χ4n) is 2.62. The van der Waals surface area contributed by atoms with E-state index in [0.29, 0.717) is 0 Å². The molecule has 1 atom stereocenters. The van der Waals surface area contributed by atoms with Crippen molar-refractivity contribution in [3.05, 3.63) is 35.9 Å². The van der Waals surface area contributed by atoms with Gasteiger partial charge in [-0.25, -0.2) is 0 Å². The molecule has 1 aromatic carbocycles. The van der Waals surface area contributed by atoms with Gasteiger partial charge >= 0.3 is 0 Å². The van der Waals surface area contributed by atoms with Gasteiger partial charge in [-0.1, -0.05) is 43.2 Å². The summed E-state index contributed by atoms with van der Waals surface area (Å²) in [6.07, 6.45) is 4.15. The van der Waals surface area contributed by atoms with Gasteiger partial charge in [-0.15, -0.1) is 0 Å². The van der Waals surface area contributed by atoms with Crippen LogP contribution in [0, 0.1) is 5.92 Å². The van der Waals surface area contributed by atoms with Gasteiger partial charge in [0.25, 0.3) is 0 Å². The van der Waals surface area contributed by atoms with E-state index < -0.39 is 0 Å². The SMILES string of the molecule is CC(NC(=O)CNC(=O)C1CCCC1)c1ccccc1. The van der Waals surface area contributed by atoms with Gasteiger partial charge < -0.3 is 10.6 Å². The van der Waals surface area contributed by atoms with Crippen molar-refractivity contribution in [3.8, 4) is 0 Å². The molecule has 2 amide bonds. The van der Waals surface area contributed by atoms with Crippen LogP contribution < -0.4 is 10.6 Å². The monoisotopic (exact) mass is 274 g/mol. The van der Waals surface area contributed by atoms with E-state index in [2.05, 4.69) is 10.6 Å². The summed E-state index contributed by atoms with van der Waals surface area (Å²) in [6.45, 7) is 2.00. The van der Waals surface area contributed by atoms with Gasteiger partial charge in [0.1, 0.15) is 0 Å². The molecular weight excluding hydrogens is 252 g/mol. The molecule has 108 valence electrons. The van der Waals surface area contributed by atoms with Crippen molar-refractivity contribution in [1.82, 2.24) is 10.6 Å². The smallest absolute Gasteiger partial charge is 0.239 e. The number of hydrogen-bond acceptors (Lipinski definition) is 2. The molecule has 0 heterocycles. The highest BCUT2D eigenvalue weighted by atomic mass is 16.2. The third-order valence-electron chi connectivity index (χ3n) is 3.83. The van der Waals surface area contributed by atoms with E-state index in [-0.39, 0.29) is 30.3 Å². The molecule has 2 N–H and O–H groups in total. The molecular formula is C16H22N2O2. The molecule has 4 heteroatoms. The molecule has 1 saturated carbocycles. The minimum Gasteiger partial charge on any atom is -0.348 e. The number of carbonyl (C=O) groups is 2. The second-order valence-corrected chi connectivity index (χ2v) is 5.40. The van der Waals surface area contributed by atoms with Crippen molar-refractivity contribution in [2.75, 3.05) is 6.54 Å². The average Bonchev–Trinajstić information content (AvgIpc) is 3.00. The molecule has 0 saturated heterocycles. The Kier molecular flexibility index (Phi) is 5.16. The molecule has 1 fully saturated rings. The predicted octanol–water partition coefficient (Wildman–Crippen LogP) is 2.17. The van der Waals surface area contributed by atoms with Crippen molar-refractivity contribution >= 4 is 11.8 Å². The molecule has 0 spiro atoms. The third kappa shape index (κ3) is 4.08. The molecule has 0 aromatic heterocycles. The number of amides is 2. The van der Waals surface area contributed by atoms with Crippen LogP contribution in [-0.4, -0.2) is 18.4 Å². The Balaban J connectivity index is 1.73. The molecule has 4 nitrogen and oxygen atoms in total. The second-order valence-electron chi connectivity index (χ2n) is 5.40. The van der Waals surface area contributed by atoms with Crippen molar-refractivity contribution in [3.63, 3.8) is 0 Å². The Morgan fingerprint density at radius 3 is 2.50 bits per heavy atom. The maximum Gasteiger partial charge on any atom is 0.239 e. The van der Waals surface area contributed by atoms with E-state index in [4.69, 9.17) is 0 Å². The van der Waals surface area contributed by atoms with Gasteiger partial charge in [0.15, 0.2) is 0 Å². The Hall–Kier alpha value is -1.84. The number of nitrogens with one attached hydrogen (secondary N) is 2. The molecule has 1 unspecified atom stereocenters. The summed E-state index contributed by atoms with van der Waals surface area (Å²) in [4.78, 5) is 23.6. The molecule has 1 aliphatic carbocycles. The van der Waals surface area contributed by atoms with E-state index in [9.17, 15) is 9.59 Å². The van der Waals surface area contributed by atoms with Gasteiger partial charge in [-0.2, -0.15) is 0 Å². The average molecular weight is 274 g/mol. The predicted molar refractivity (Wildman–Crippen MR) is 78.0 cm³/mol. The largest absolute Gasteiger partial charge is 0.348 e. The lowest BCUT2D eigenvalue weighted by Crippen LogP contribution is -2.39. The minimum absolute atomic E-state index is 0.0185. The maximum absolute atomic E-state index is 11.8. The fourth-order valence-corrected chi connectivity index (χ4v) is 2.62. The zero-order chi connectivity index (χ0) is 14.4. The second kappa shape index (κ2) is 7.08. The van der Waals surface area contributed by atoms with Gasteiger partial charge in [-0.3, -0.25) is 9.59 Å². The molecule has 1 aromatic rings. The highest BCUT2D eigenvalue weighted by Gasteiger charge is 2.22. The molecule has 0 radical (unpaired) electrons. The first-order valence-electron chi connectivity index (χ1n) is 7.29. The summed E-state index contributed by atoms with van der Waals surface area (Å²) in [5.41, 5.74) is 1.06. The normalized spacial score (nSPS) is 16.6. The van der Waals surface area contributed by atoms with Crippen LogP contribution in [0.2, 0.25) is 0 Å². The molecule has 1 aliphatic rings. The number of rotatable bonds is 5. The topological polar surface area (TPSA) is 58.2 Å². The van der Waals surface area contributed by atoms with Gasteiger partial charge in [-0.05, 0) is 25.3 Å². The van der Waals surface area contributed by atoms with E-state index in [1.807, 2.05) is 37.3 Å². The third-order valence-corrected chi connectivity index (χ3v) is 3.83.